The van der Waals surface area contributed by atoms with Crippen molar-refractivity contribution < 1.29 is 19.4 Å². The van der Waals surface area contributed by atoms with E-state index in [9.17, 15) is 14.7 Å². The lowest BCUT2D eigenvalue weighted by molar-refractivity contribution is -0.122. The molecular formula is C21H17BrN2O4S. The number of phenols is 1. The van der Waals surface area contributed by atoms with Gasteiger partial charge in [0.25, 0.3) is 11.8 Å². The van der Waals surface area contributed by atoms with Gasteiger partial charge in [-0.05, 0) is 66.7 Å². The van der Waals surface area contributed by atoms with Crippen LogP contribution in [0.2, 0.25) is 0 Å². The summed E-state index contributed by atoms with van der Waals surface area (Å²) < 4.78 is 6.05. The van der Waals surface area contributed by atoms with Crippen LogP contribution in [0.5, 0.6) is 11.5 Å². The molecule has 6 nitrogen and oxygen atoms in total. The Morgan fingerprint density at radius 1 is 1.28 bits per heavy atom. The minimum atomic E-state index is -0.592. The fourth-order valence-electron chi connectivity index (χ4n) is 2.89. The van der Waals surface area contributed by atoms with Gasteiger partial charge in [-0.2, -0.15) is 0 Å². The number of hydrogen-bond donors (Lipinski definition) is 2. The molecule has 2 aromatic carbocycles. The SMILES string of the molecule is C=CCc1cc(C=C2C(=O)NC(=S)N(c3ccc(Br)cc3)C2=O)cc(OC)c1O. The van der Waals surface area contributed by atoms with Crippen molar-refractivity contribution in [2.45, 2.75) is 6.42 Å². The number of benzene rings is 2. The highest BCUT2D eigenvalue weighted by Crippen LogP contribution is 2.33. The second kappa shape index (κ2) is 8.59. The fourth-order valence-corrected chi connectivity index (χ4v) is 3.43. The molecule has 2 aromatic rings. The maximum atomic E-state index is 13.1. The molecule has 1 aliphatic rings. The molecule has 1 saturated heterocycles. The minimum Gasteiger partial charge on any atom is -0.504 e. The monoisotopic (exact) mass is 472 g/mol. The first-order chi connectivity index (χ1) is 13.8. The molecule has 0 aromatic heterocycles. The maximum absolute atomic E-state index is 13.1. The van der Waals surface area contributed by atoms with Crippen molar-refractivity contribution in [3.63, 3.8) is 0 Å². The Balaban J connectivity index is 2.06. The van der Waals surface area contributed by atoms with Crippen LogP contribution in [0.15, 0.2) is 59.1 Å². The number of rotatable bonds is 5. The number of thiocarbonyl (C=S) groups is 1. The first-order valence-corrected chi connectivity index (χ1v) is 9.73. The third-order valence-electron chi connectivity index (χ3n) is 4.26. The Kier molecular flexibility index (Phi) is 6.14. The molecule has 8 heteroatoms. The second-order valence-corrected chi connectivity index (χ2v) is 7.46. The van der Waals surface area contributed by atoms with Crippen molar-refractivity contribution in [3.8, 4) is 11.5 Å². The van der Waals surface area contributed by atoms with E-state index in [1.807, 2.05) is 0 Å². The van der Waals surface area contributed by atoms with Gasteiger partial charge in [0.2, 0.25) is 0 Å². The van der Waals surface area contributed by atoms with Crippen molar-refractivity contribution in [3.05, 3.63) is 70.2 Å². The van der Waals surface area contributed by atoms with Gasteiger partial charge in [0, 0.05) is 10.0 Å². The first kappa shape index (κ1) is 20.8. The van der Waals surface area contributed by atoms with Gasteiger partial charge >= 0.3 is 0 Å². The highest BCUT2D eigenvalue weighted by molar-refractivity contribution is 9.10. The Hall–Kier alpha value is -2.97. The summed E-state index contributed by atoms with van der Waals surface area (Å²) >= 11 is 8.54. The van der Waals surface area contributed by atoms with E-state index < -0.39 is 11.8 Å². The number of halogens is 1. The number of hydrogen-bond acceptors (Lipinski definition) is 5. The molecule has 0 unspecified atom stereocenters. The highest BCUT2D eigenvalue weighted by Gasteiger charge is 2.34. The summed E-state index contributed by atoms with van der Waals surface area (Å²) in [5.74, 6) is -0.907. The highest BCUT2D eigenvalue weighted by atomic mass is 79.9. The number of nitrogens with one attached hydrogen (secondary N) is 1. The van der Waals surface area contributed by atoms with E-state index >= 15 is 0 Å². The number of phenolic OH excluding ortho intramolecular Hbond substituents is 1. The average molecular weight is 473 g/mol. The molecule has 0 bridgehead atoms. The summed E-state index contributed by atoms with van der Waals surface area (Å²) in [5.41, 5.74) is 1.54. The van der Waals surface area contributed by atoms with E-state index in [0.29, 0.717) is 23.2 Å². The number of amides is 2. The van der Waals surface area contributed by atoms with Crippen LogP contribution in [0.3, 0.4) is 0 Å². The van der Waals surface area contributed by atoms with E-state index in [-0.39, 0.29) is 22.2 Å². The molecule has 2 N–H and O–H groups in total. The maximum Gasteiger partial charge on any atom is 0.270 e. The van der Waals surface area contributed by atoms with Gasteiger partial charge in [0.15, 0.2) is 16.6 Å². The Morgan fingerprint density at radius 3 is 2.59 bits per heavy atom. The second-order valence-electron chi connectivity index (χ2n) is 6.16. The van der Waals surface area contributed by atoms with Crippen molar-refractivity contribution in [2.75, 3.05) is 12.0 Å². The molecule has 0 spiro atoms. The van der Waals surface area contributed by atoms with E-state index in [0.717, 1.165) is 4.47 Å². The zero-order valence-electron chi connectivity index (χ0n) is 15.4. The average Bonchev–Trinajstić information content (AvgIpc) is 2.68. The van der Waals surface area contributed by atoms with Crippen molar-refractivity contribution in [1.82, 2.24) is 5.32 Å². The Morgan fingerprint density at radius 2 is 1.97 bits per heavy atom. The van der Waals surface area contributed by atoms with Gasteiger partial charge in [-0.15, -0.1) is 6.58 Å². The lowest BCUT2D eigenvalue weighted by Gasteiger charge is -2.29. The van der Waals surface area contributed by atoms with E-state index in [1.54, 1.807) is 42.5 Å². The fraction of sp³-hybridized carbons (Fsp3) is 0.0952. The van der Waals surface area contributed by atoms with Crippen LogP contribution < -0.4 is 15.0 Å². The number of ether oxygens (including phenoxy) is 1. The lowest BCUT2D eigenvalue weighted by Crippen LogP contribution is -2.54. The van der Waals surface area contributed by atoms with Crippen molar-refractivity contribution in [2.24, 2.45) is 0 Å². The Bertz CT molecular complexity index is 1050. The molecule has 1 fully saturated rings. The quantitative estimate of drug-likeness (QED) is 0.300. The molecule has 1 aliphatic heterocycles. The summed E-state index contributed by atoms with van der Waals surface area (Å²) in [5, 5.41) is 12.8. The molecular weight excluding hydrogens is 456 g/mol. The summed E-state index contributed by atoms with van der Waals surface area (Å²) in [6, 6.07) is 10.2. The van der Waals surface area contributed by atoms with E-state index in [2.05, 4.69) is 27.8 Å². The van der Waals surface area contributed by atoms with Gasteiger partial charge < -0.3 is 9.84 Å². The number of carbonyl (C=O) groups excluding carboxylic acids is 2. The van der Waals surface area contributed by atoms with Crippen LogP contribution in [0.1, 0.15) is 11.1 Å². The third kappa shape index (κ3) is 4.23. The smallest absolute Gasteiger partial charge is 0.270 e. The van der Waals surface area contributed by atoms with Crippen LogP contribution in [-0.4, -0.2) is 29.1 Å². The number of allylic oxidation sites excluding steroid dienone is 1. The lowest BCUT2D eigenvalue weighted by atomic mass is 10.0. The van der Waals surface area contributed by atoms with Crippen LogP contribution in [0.4, 0.5) is 5.69 Å². The molecule has 148 valence electrons. The van der Waals surface area contributed by atoms with Gasteiger partial charge in [0.05, 0.1) is 12.8 Å². The molecule has 29 heavy (non-hydrogen) atoms. The van der Waals surface area contributed by atoms with Gasteiger partial charge in [0.1, 0.15) is 5.57 Å². The summed E-state index contributed by atoms with van der Waals surface area (Å²) in [6.45, 7) is 3.67. The number of nitrogens with zero attached hydrogens (tertiary/aromatic N) is 1. The summed E-state index contributed by atoms with van der Waals surface area (Å²) in [7, 11) is 1.43. The standard InChI is InChI=1S/C21H17BrN2O4S/c1-3-4-13-9-12(11-17(28-2)18(13)25)10-16-19(26)23-21(29)24(20(16)27)15-7-5-14(22)6-8-15/h3,5-11,25H,1,4H2,2H3,(H,23,26,29). The molecule has 0 aliphatic carbocycles. The molecule has 0 atom stereocenters. The third-order valence-corrected chi connectivity index (χ3v) is 5.07. The predicted molar refractivity (Wildman–Crippen MR) is 119 cm³/mol. The van der Waals surface area contributed by atoms with E-state index in [1.165, 1.54) is 18.1 Å². The molecule has 0 saturated carbocycles. The van der Waals surface area contributed by atoms with Crippen LogP contribution in [0, 0.1) is 0 Å². The summed E-state index contributed by atoms with van der Waals surface area (Å²) in [6.07, 6.45) is 3.48. The number of carbonyl (C=O) groups is 2. The molecule has 0 radical (unpaired) electrons. The molecule has 1 heterocycles. The van der Waals surface area contributed by atoms with Crippen molar-refractivity contribution >= 4 is 56.8 Å². The van der Waals surface area contributed by atoms with Gasteiger partial charge in [-0.1, -0.05) is 22.0 Å². The van der Waals surface area contributed by atoms with Crippen LogP contribution >= 0.6 is 28.1 Å². The zero-order chi connectivity index (χ0) is 21.1. The molecule has 2 amide bonds. The number of anilines is 1. The predicted octanol–water partition coefficient (Wildman–Crippen LogP) is 3.72. The zero-order valence-corrected chi connectivity index (χ0v) is 17.8. The van der Waals surface area contributed by atoms with Crippen molar-refractivity contribution in [1.29, 1.82) is 0 Å². The topological polar surface area (TPSA) is 78.9 Å². The minimum absolute atomic E-state index is 0.00774. The van der Waals surface area contributed by atoms with Crippen LogP contribution in [-0.2, 0) is 16.0 Å². The first-order valence-electron chi connectivity index (χ1n) is 8.53. The number of aromatic hydroxyl groups is 1. The largest absolute Gasteiger partial charge is 0.504 e. The Labute approximate surface area is 181 Å². The normalized spacial score (nSPS) is 15.4. The van der Waals surface area contributed by atoms with Gasteiger partial charge in [-0.3, -0.25) is 19.8 Å². The van der Waals surface area contributed by atoms with Crippen LogP contribution in [0.25, 0.3) is 6.08 Å². The van der Waals surface area contributed by atoms with Gasteiger partial charge in [-0.25, -0.2) is 0 Å². The molecule has 3 rings (SSSR count). The number of methoxy groups -OCH3 is 1. The summed E-state index contributed by atoms with van der Waals surface area (Å²) in [4.78, 5) is 26.8. The van der Waals surface area contributed by atoms with E-state index in [4.69, 9.17) is 17.0 Å².